The highest BCUT2D eigenvalue weighted by Gasteiger charge is 2.21. The molecule has 0 saturated heterocycles. The monoisotopic (exact) mass is 284 g/mol. The van der Waals surface area contributed by atoms with Crippen LogP contribution in [-0.4, -0.2) is 45.9 Å². The fourth-order valence-electron chi connectivity index (χ4n) is 1.91. The van der Waals surface area contributed by atoms with Crippen LogP contribution in [0.4, 0.5) is 4.79 Å². The van der Waals surface area contributed by atoms with Crippen molar-refractivity contribution in [1.29, 1.82) is 0 Å². The lowest BCUT2D eigenvalue weighted by Crippen LogP contribution is -2.33. The van der Waals surface area contributed by atoms with Crippen molar-refractivity contribution in [3.63, 3.8) is 0 Å². The van der Waals surface area contributed by atoms with Crippen LogP contribution in [0.15, 0.2) is 6.07 Å². The summed E-state index contributed by atoms with van der Waals surface area (Å²) in [4.78, 5) is 11.9. The van der Waals surface area contributed by atoms with Gasteiger partial charge in [-0.05, 0) is 26.3 Å². The zero-order chi connectivity index (χ0) is 14.4. The number of carbonyl (C=O) groups excluding carboxylic acids is 1. The molecule has 7 heteroatoms. The minimum Gasteiger partial charge on any atom is -0.397 e. The van der Waals surface area contributed by atoms with Gasteiger partial charge in [0.05, 0.1) is 5.69 Å². The van der Waals surface area contributed by atoms with Gasteiger partial charge in [0.15, 0.2) is 0 Å². The molecule has 0 bridgehead atoms. The van der Waals surface area contributed by atoms with Crippen molar-refractivity contribution in [3.8, 4) is 0 Å². The zero-order valence-electron chi connectivity index (χ0n) is 12.2. The van der Waals surface area contributed by atoms with E-state index in [0.29, 0.717) is 12.1 Å². The van der Waals surface area contributed by atoms with E-state index in [2.05, 4.69) is 17.3 Å². The molecule has 0 aliphatic carbocycles. The molecule has 1 heterocycles. The van der Waals surface area contributed by atoms with E-state index in [9.17, 15) is 4.79 Å². The maximum absolute atomic E-state index is 11.9. The van der Waals surface area contributed by atoms with Gasteiger partial charge in [-0.15, -0.1) is 0 Å². The third-order valence-electron chi connectivity index (χ3n) is 2.86. The molecule has 19 heavy (non-hydrogen) atoms. The van der Waals surface area contributed by atoms with Crippen molar-refractivity contribution in [2.75, 3.05) is 20.8 Å². The van der Waals surface area contributed by atoms with Crippen molar-refractivity contribution in [3.05, 3.63) is 17.5 Å². The number of hydrogen-bond donors (Lipinski definition) is 1. The van der Waals surface area contributed by atoms with Crippen LogP contribution in [0, 0.1) is 13.8 Å². The van der Waals surface area contributed by atoms with Crippen molar-refractivity contribution in [2.45, 2.75) is 32.7 Å². The molecule has 1 aromatic heterocycles. The van der Waals surface area contributed by atoms with Gasteiger partial charge in [0.25, 0.3) is 0 Å². The second kappa shape index (κ2) is 7.42. The summed E-state index contributed by atoms with van der Waals surface area (Å²) >= 11 is 0. The predicted molar refractivity (Wildman–Crippen MR) is 74.3 cm³/mol. The summed E-state index contributed by atoms with van der Waals surface area (Å²) in [6, 6.07) is 1.68. The zero-order valence-corrected chi connectivity index (χ0v) is 13.2. The van der Waals surface area contributed by atoms with Gasteiger partial charge in [0.2, 0.25) is 0 Å². The summed E-state index contributed by atoms with van der Waals surface area (Å²) in [6.07, 6.45) is 0.820. The first-order chi connectivity index (χ1) is 8.99. The summed E-state index contributed by atoms with van der Waals surface area (Å²) in [6.45, 7) is 6.37. The molecule has 1 rings (SSSR count). The van der Waals surface area contributed by atoms with Gasteiger partial charge in [-0.25, -0.2) is 4.79 Å². The maximum Gasteiger partial charge on any atom is 0.387 e. The largest absolute Gasteiger partial charge is 0.397 e. The highest BCUT2D eigenvalue weighted by molar-refractivity contribution is 6.46. The molecule has 0 aliphatic rings. The van der Waals surface area contributed by atoms with Crippen LogP contribution in [0.25, 0.3) is 0 Å². The Balaban J connectivity index is 2.41. The summed E-state index contributed by atoms with van der Waals surface area (Å²) in [5, 5.41) is 6.99. The lowest BCUT2D eigenvalue weighted by atomic mass is 10.3. The molecule has 0 spiro atoms. The smallest absolute Gasteiger partial charge is 0.387 e. The maximum atomic E-state index is 11.9. The van der Waals surface area contributed by atoms with E-state index >= 15 is 0 Å². The molecular formula is C12H22N3O3Si. The van der Waals surface area contributed by atoms with Crippen LogP contribution in [0.5, 0.6) is 0 Å². The van der Waals surface area contributed by atoms with Gasteiger partial charge in [0.1, 0.15) is 0 Å². The fraction of sp³-hybridized carbons (Fsp3) is 0.667. The van der Waals surface area contributed by atoms with Gasteiger partial charge in [0, 0.05) is 32.0 Å². The molecule has 1 amide bonds. The van der Waals surface area contributed by atoms with Gasteiger partial charge in [-0.3, -0.25) is 0 Å². The third-order valence-corrected chi connectivity index (χ3v) is 4.76. The first-order valence-electron chi connectivity index (χ1n) is 6.25. The molecule has 1 aromatic rings. The van der Waals surface area contributed by atoms with Crippen LogP contribution in [0.3, 0.4) is 0 Å². The molecule has 1 radical (unpaired) electrons. The number of nitrogens with one attached hydrogen (secondary N) is 1. The minimum atomic E-state index is -1.24. The lowest BCUT2D eigenvalue weighted by Gasteiger charge is -2.17. The van der Waals surface area contributed by atoms with E-state index in [-0.39, 0.29) is 6.03 Å². The quantitative estimate of drug-likeness (QED) is 0.806. The fourth-order valence-corrected chi connectivity index (χ4v) is 3.26. The summed E-state index contributed by atoms with van der Waals surface area (Å²) in [5.41, 5.74) is 1.98. The number of aromatic nitrogens is 2. The number of nitrogens with zero attached hydrogens (tertiary/aromatic N) is 2. The number of hydrogen-bond acceptors (Lipinski definition) is 4. The molecule has 1 unspecified atom stereocenters. The highest BCUT2D eigenvalue weighted by atomic mass is 28.3. The van der Waals surface area contributed by atoms with E-state index in [1.807, 2.05) is 19.9 Å². The number of carbonyl (C=O) groups is 1. The van der Waals surface area contributed by atoms with E-state index in [1.54, 1.807) is 14.2 Å². The molecule has 1 N–H and O–H groups in total. The molecule has 0 fully saturated rings. The Morgan fingerprint density at radius 2 is 2.11 bits per heavy atom. The number of aryl methyl sites for hydroxylation is 2. The molecule has 6 nitrogen and oxygen atoms in total. The van der Waals surface area contributed by atoms with Crippen molar-refractivity contribution >= 4 is 15.3 Å². The highest BCUT2D eigenvalue weighted by Crippen LogP contribution is 2.14. The molecule has 1 atom stereocenters. The van der Waals surface area contributed by atoms with Crippen LogP contribution in [0.1, 0.15) is 24.7 Å². The predicted octanol–water partition coefficient (Wildman–Crippen LogP) is 1.62. The van der Waals surface area contributed by atoms with E-state index in [1.165, 1.54) is 4.68 Å². The van der Waals surface area contributed by atoms with Gasteiger partial charge < -0.3 is 14.2 Å². The Kier molecular flexibility index (Phi) is 6.20. The lowest BCUT2D eigenvalue weighted by molar-refractivity contribution is 0.237. The second-order valence-corrected chi connectivity index (χ2v) is 6.93. The Hall–Kier alpha value is -1.18. The Bertz CT molecular complexity index is 418. The van der Waals surface area contributed by atoms with Gasteiger partial charge >= 0.3 is 15.3 Å². The number of amides is 1. The van der Waals surface area contributed by atoms with Crippen LogP contribution in [-0.2, 0) is 8.85 Å². The normalized spacial score (nSPS) is 12.7. The topological polar surface area (TPSA) is 65.4 Å². The molecule has 0 aromatic carbocycles. The average Bonchev–Trinajstić information content (AvgIpc) is 2.70. The van der Waals surface area contributed by atoms with Gasteiger partial charge in [-0.2, -0.15) is 9.78 Å². The Labute approximate surface area is 115 Å². The molecule has 107 valence electrons. The average molecular weight is 284 g/mol. The second-order valence-electron chi connectivity index (χ2n) is 4.49. The Morgan fingerprint density at radius 1 is 1.47 bits per heavy atom. The summed E-state index contributed by atoms with van der Waals surface area (Å²) < 4.78 is 11.9. The first kappa shape index (κ1) is 15.9. The first-order valence-corrected chi connectivity index (χ1v) is 7.65. The summed E-state index contributed by atoms with van der Waals surface area (Å²) in [7, 11) is 2.07. The van der Waals surface area contributed by atoms with Crippen LogP contribution >= 0.6 is 0 Å². The summed E-state index contributed by atoms with van der Waals surface area (Å²) in [5.74, 6) is 0. The minimum absolute atomic E-state index is 0.193. The van der Waals surface area contributed by atoms with E-state index in [0.717, 1.165) is 17.8 Å². The standard InChI is InChI=1S/C12H22N3O3Si/c1-9-8-10(2)15(14-9)12(16)13-7-6-11(3)19(17-4)18-5/h8,11H,6-7H2,1-5H3,(H,13,16). The molecule has 0 aliphatic heterocycles. The molecular weight excluding hydrogens is 262 g/mol. The van der Waals surface area contributed by atoms with Crippen molar-refractivity contribution in [2.24, 2.45) is 0 Å². The number of rotatable bonds is 6. The van der Waals surface area contributed by atoms with Crippen LogP contribution < -0.4 is 5.32 Å². The van der Waals surface area contributed by atoms with E-state index in [4.69, 9.17) is 8.85 Å². The van der Waals surface area contributed by atoms with E-state index < -0.39 is 9.28 Å². The SMILES string of the molecule is CO[Si](OC)C(C)CCNC(=O)n1nc(C)cc1C. The van der Waals surface area contributed by atoms with Crippen molar-refractivity contribution in [1.82, 2.24) is 15.1 Å². The van der Waals surface area contributed by atoms with Crippen molar-refractivity contribution < 1.29 is 13.6 Å². The third kappa shape index (κ3) is 4.45. The Morgan fingerprint density at radius 3 is 2.58 bits per heavy atom. The molecule has 0 saturated carbocycles. The van der Waals surface area contributed by atoms with Gasteiger partial charge in [-0.1, -0.05) is 6.92 Å². The van der Waals surface area contributed by atoms with Crippen LogP contribution in [0.2, 0.25) is 5.54 Å².